The number of hydrogen-bond donors (Lipinski definition) is 0. The van der Waals surface area contributed by atoms with Gasteiger partial charge in [-0.2, -0.15) is 0 Å². The highest BCUT2D eigenvalue weighted by Crippen LogP contribution is 2.12. The fraction of sp³-hybridized carbons (Fsp3) is 0.600. The molecule has 0 heterocycles. The lowest BCUT2D eigenvalue weighted by Gasteiger charge is -2.16. The van der Waals surface area contributed by atoms with Crippen LogP contribution in [-0.2, 0) is 4.74 Å². The Morgan fingerprint density at radius 1 is 1.17 bits per heavy atom. The van der Waals surface area contributed by atoms with E-state index in [0.717, 1.165) is 45.1 Å². The van der Waals surface area contributed by atoms with Crippen molar-refractivity contribution >= 4 is 0 Å². The summed E-state index contributed by atoms with van der Waals surface area (Å²) >= 11 is 0. The highest BCUT2D eigenvalue weighted by molar-refractivity contribution is 5.27. The molecule has 1 aromatic carbocycles. The molecule has 0 unspecified atom stereocenters. The molecule has 0 spiro atoms. The van der Waals surface area contributed by atoms with Gasteiger partial charge in [-0.3, -0.25) is 0 Å². The van der Waals surface area contributed by atoms with Gasteiger partial charge in [0.05, 0.1) is 13.2 Å². The van der Waals surface area contributed by atoms with E-state index in [1.807, 2.05) is 19.1 Å². The van der Waals surface area contributed by atoms with Crippen molar-refractivity contribution in [2.24, 2.45) is 0 Å². The van der Waals surface area contributed by atoms with Crippen LogP contribution in [0.5, 0.6) is 5.75 Å². The van der Waals surface area contributed by atoms with E-state index in [-0.39, 0.29) is 0 Å². The van der Waals surface area contributed by atoms with Crippen molar-refractivity contribution < 1.29 is 9.47 Å². The third kappa shape index (κ3) is 6.62. The maximum atomic E-state index is 5.70. The normalized spacial score (nSPS) is 10.9. The predicted molar refractivity (Wildman–Crippen MR) is 75.3 cm³/mol. The third-order valence-corrected chi connectivity index (χ3v) is 2.76. The number of likely N-dealkylation sites (N-methyl/N-ethyl adjacent to an activating group) is 1. The second kappa shape index (κ2) is 8.95. The number of benzene rings is 1. The molecular weight excluding hydrogens is 226 g/mol. The molecule has 0 saturated carbocycles. The molecule has 0 fully saturated rings. The van der Waals surface area contributed by atoms with Crippen LogP contribution in [0.1, 0.15) is 18.9 Å². The fourth-order valence-electron chi connectivity index (χ4n) is 1.71. The van der Waals surface area contributed by atoms with Gasteiger partial charge in [-0.15, -0.1) is 0 Å². The molecule has 0 atom stereocenters. The summed E-state index contributed by atoms with van der Waals surface area (Å²) in [6.45, 7) is 8.50. The fourth-order valence-corrected chi connectivity index (χ4v) is 1.71. The van der Waals surface area contributed by atoms with Crippen LogP contribution in [-0.4, -0.2) is 44.9 Å². The van der Waals surface area contributed by atoms with Crippen molar-refractivity contribution in [3.63, 3.8) is 0 Å². The van der Waals surface area contributed by atoms with Crippen LogP contribution in [0.15, 0.2) is 24.3 Å². The second-order valence-corrected chi connectivity index (χ2v) is 4.52. The van der Waals surface area contributed by atoms with Crippen LogP contribution in [0, 0.1) is 6.92 Å². The van der Waals surface area contributed by atoms with Gasteiger partial charge in [0.2, 0.25) is 0 Å². The molecule has 3 heteroatoms. The molecule has 0 aromatic heterocycles. The van der Waals surface area contributed by atoms with Crippen LogP contribution in [0.3, 0.4) is 0 Å². The summed E-state index contributed by atoms with van der Waals surface area (Å²) in [7, 11) is 2.12. The Labute approximate surface area is 111 Å². The van der Waals surface area contributed by atoms with Gasteiger partial charge in [0.25, 0.3) is 0 Å². The minimum atomic E-state index is 0.766. The molecule has 18 heavy (non-hydrogen) atoms. The first-order chi connectivity index (χ1) is 8.72. The molecule has 1 rings (SSSR count). The highest BCUT2D eigenvalue weighted by atomic mass is 16.5. The quantitative estimate of drug-likeness (QED) is 0.630. The van der Waals surface area contributed by atoms with Crippen LogP contribution in [0.25, 0.3) is 0 Å². The van der Waals surface area contributed by atoms with Gasteiger partial charge in [0.15, 0.2) is 0 Å². The van der Waals surface area contributed by atoms with Crippen LogP contribution >= 0.6 is 0 Å². The Balaban J connectivity index is 2.07. The first-order valence-electron chi connectivity index (χ1n) is 6.68. The average molecular weight is 251 g/mol. The molecule has 0 aliphatic heterocycles. The Morgan fingerprint density at radius 2 is 2.00 bits per heavy atom. The molecule has 0 amide bonds. The Hall–Kier alpha value is -1.06. The lowest BCUT2D eigenvalue weighted by atomic mass is 10.2. The summed E-state index contributed by atoms with van der Waals surface area (Å²) in [5.74, 6) is 0.965. The van der Waals surface area contributed by atoms with Crippen molar-refractivity contribution in [1.82, 2.24) is 4.90 Å². The molecule has 102 valence electrons. The van der Waals surface area contributed by atoms with Gasteiger partial charge in [-0.25, -0.2) is 0 Å². The number of rotatable bonds is 9. The van der Waals surface area contributed by atoms with Crippen molar-refractivity contribution in [2.45, 2.75) is 20.3 Å². The van der Waals surface area contributed by atoms with Crippen LogP contribution in [0.4, 0.5) is 0 Å². The minimum absolute atomic E-state index is 0.766. The van der Waals surface area contributed by atoms with E-state index in [2.05, 4.69) is 31.0 Å². The van der Waals surface area contributed by atoms with Crippen LogP contribution < -0.4 is 4.74 Å². The first-order valence-corrected chi connectivity index (χ1v) is 6.68. The molecule has 0 aliphatic rings. The van der Waals surface area contributed by atoms with Crippen molar-refractivity contribution in [3.8, 4) is 5.75 Å². The SMILES string of the molecule is CCOCCN(C)CCCOc1cccc(C)c1. The third-order valence-electron chi connectivity index (χ3n) is 2.76. The summed E-state index contributed by atoms with van der Waals surface area (Å²) in [4.78, 5) is 2.27. The lowest BCUT2D eigenvalue weighted by Crippen LogP contribution is -2.25. The maximum Gasteiger partial charge on any atom is 0.119 e. The molecule has 0 saturated heterocycles. The Bertz CT molecular complexity index is 328. The van der Waals surface area contributed by atoms with Gasteiger partial charge in [-0.05, 0) is 45.0 Å². The summed E-state index contributed by atoms with van der Waals surface area (Å²) in [5, 5.41) is 0. The first kappa shape index (κ1) is 15.0. The van der Waals surface area contributed by atoms with Gasteiger partial charge >= 0.3 is 0 Å². The van der Waals surface area contributed by atoms with Gasteiger partial charge in [-0.1, -0.05) is 12.1 Å². The minimum Gasteiger partial charge on any atom is -0.494 e. The average Bonchev–Trinajstić information content (AvgIpc) is 2.35. The van der Waals surface area contributed by atoms with E-state index in [1.54, 1.807) is 0 Å². The molecule has 0 radical (unpaired) electrons. The zero-order valence-electron chi connectivity index (χ0n) is 11.8. The molecule has 0 aliphatic carbocycles. The standard InChI is InChI=1S/C15H25NO2/c1-4-17-12-10-16(3)9-6-11-18-15-8-5-7-14(2)13-15/h5,7-8,13H,4,6,9-12H2,1-3H3. The van der Waals surface area contributed by atoms with Gasteiger partial charge in [0, 0.05) is 19.7 Å². The van der Waals surface area contributed by atoms with E-state index < -0.39 is 0 Å². The zero-order chi connectivity index (χ0) is 13.2. The number of nitrogens with zero attached hydrogens (tertiary/aromatic N) is 1. The van der Waals surface area contributed by atoms with Crippen molar-refractivity contribution in [3.05, 3.63) is 29.8 Å². The second-order valence-electron chi connectivity index (χ2n) is 4.52. The maximum absolute atomic E-state index is 5.70. The van der Waals surface area contributed by atoms with E-state index in [1.165, 1.54) is 5.56 Å². The molecule has 1 aromatic rings. The smallest absolute Gasteiger partial charge is 0.119 e. The van der Waals surface area contributed by atoms with Crippen molar-refractivity contribution in [2.75, 3.05) is 40.0 Å². The Kier molecular flexibility index (Phi) is 7.46. The number of hydrogen-bond acceptors (Lipinski definition) is 3. The monoisotopic (exact) mass is 251 g/mol. The molecule has 0 N–H and O–H groups in total. The van der Waals surface area contributed by atoms with Gasteiger partial charge < -0.3 is 14.4 Å². The van der Waals surface area contributed by atoms with Crippen molar-refractivity contribution in [1.29, 1.82) is 0 Å². The number of aryl methyl sites for hydroxylation is 1. The number of ether oxygens (including phenoxy) is 2. The largest absolute Gasteiger partial charge is 0.494 e. The zero-order valence-corrected chi connectivity index (χ0v) is 11.8. The topological polar surface area (TPSA) is 21.7 Å². The lowest BCUT2D eigenvalue weighted by molar-refractivity contribution is 0.120. The van der Waals surface area contributed by atoms with Gasteiger partial charge in [0.1, 0.15) is 5.75 Å². The molecule has 0 bridgehead atoms. The Morgan fingerprint density at radius 3 is 2.72 bits per heavy atom. The molecular formula is C15H25NO2. The predicted octanol–water partition coefficient (Wildman–Crippen LogP) is 2.73. The van der Waals surface area contributed by atoms with Crippen LogP contribution in [0.2, 0.25) is 0 Å². The van der Waals surface area contributed by atoms with E-state index >= 15 is 0 Å². The van der Waals surface area contributed by atoms with E-state index in [9.17, 15) is 0 Å². The summed E-state index contributed by atoms with van der Waals surface area (Å²) < 4.78 is 11.0. The van der Waals surface area contributed by atoms with E-state index in [4.69, 9.17) is 9.47 Å². The highest BCUT2D eigenvalue weighted by Gasteiger charge is 1.99. The van der Waals surface area contributed by atoms with E-state index in [0.29, 0.717) is 0 Å². The summed E-state index contributed by atoms with van der Waals surface area (Å²) in [6.07, 6.45) is 1.04. The molecule has 3 nitrogen and oxygen atoms in total. The summed E-state index contributed by atoms with van der Waals surface area (Å²) in [5.41, 5.74) is 1.24. The summed E-state index contributed by atoms with van der Waals surface area (Å²) in [6, 6.07) is 8.18.